The highest BCUT2D eigenvalue weighted by Gasteiger charge is 2.12. The van der Waals surface area contributed by atoms with Crippen molar-refractivity contribution in [2.75, 3.05) is 6.61 Å². The van der Waals surface area contributed by atoms with E-state index in [4.69, 9.17) is 15.1 Å². The number of ether oxygens (including phenoxy) is 1. The molecule has 0 saturated heterocycles. The number of nitrogens with zero attached hydrogens (tertiary/aromatic N) is 1. The molecule has 0 aliphatic rings. The zero-order valence-corrected chi connectivity index (χ0v) is 9.36. The number of aliphatic hydroxyl groups is 1. The Balaban J connectivity index is 3.00. The summed E-state index contributed by atoms with van der Waals surface area (Å²) in [4.78, 5) is 11.2. The molecule has 5 heteroatoms. The zero-order chi connectivity index (χ0) is 12.8. The highest BCUT2D eigenvalue weighted by atomic mass is 19.1. The molecule has 4 nitrogen and oxygen atoms in total. The van der Waals surface area contributed by atoms with Gasteiger partial charge in [-0.1, -0.05) is 0 Å². The van der Waals surface area contributed by atoms with Gasteiger partial charge in [0.15, 0.2) is 0 Å². The molecule has 0 heterocycles. The molecular weight excluding hydrogens is 225 g/mol. The molecule has 0 bridgehead atoms. The van der Waals surface area contributed by atoms with Gasteiger partial charge >= 0.3 is 5.97 Å². The van der Waals surface area contributed by atoms with Crippen LogP contribution in [0.25, 0.3) is 0 Å². The van der Waals surface area contributed by atoms with Crippen LogP contribution >= 0.6 is 0 Å². The molecule has 0 aromatic heterocycles. The molecule has 1 rings (SSSR count). The molecule has 90 valence electrons. The van der Waals surface area contributed by atoms with Crippen LogP contribution in [0.15, 0.2) is 12.1 Å². The Bertz CT molecular complexity index is 466. The fourth-order valence-electron chi connectivity index (χ4n) is 1.43. The largest absolute Gasteiger partial charge is 0.466 e. The maximum Gasteiger partial charge on any atom is 0.310 e. The molecular formula is C12H12FNO3. The zero-order valence-electron chi connectivity index (χ0n) is 9.36. The topological polar surface area (TPSA) is 70.3 Å². The van der Waals surface area contributed by atoms with Gasteiger partial charge in [-0.3, -0.25) is 4.79 Å². The second kappa shape index (κ2) is 5.97. The minimum Gasteiger partial charge on any atom is -0.466 e. The summed E-state index contributed by atoms with van der Waals surface area (Å²) in [5.74, 6) is -1.17. The van der Waals surface area contributed by atoms with Crippen LogP contribution in [-0.2, 0) is 22.6 Å². The second-order valence-corrected chi connectivity index (χ2v) is 3.36. The molecule has 0 spiro atoms. The molecule has 0 amide bonds. The predicted molar refractivity (Wildman–Crippen MR) is 57.4 cm³/mol. The van der Waals surface area contributed by atoms with Crippen molar-refractivity contribution in [3.63, 3.8) is 0 Å². The number of rotatable bonds is 4. The minimum atomic E-state index is -0.689. The summed E-state index contributed by atoms with van der Waals surface area (Å²) >= 11 is 0. The molecule has 0 unspecified atom stereocenters. The Morgan fingerprint density at radius 3 is 2.82 bits per heavy atom. The standard InChI is InChI=1S/C12H12FNO3/c1-2-17-12(16)5-8-3-9(6-14)10(7-15)11(13)4-8/h3-4,15H,2,5,7H2,1H3. The summed E-state index contributed by atoms with van der Waals surface area (Å²) in [5, 5.41) is 17.7. The second-order valence-electron chi connectivity index (χ2n) is 3.36. The van der Waals surface area contributed by atoms with Crippen LogP contribution in [0.3, 0.4) is 0 Å². The van der Waals surface area contributed by atoms with Crippen LogP contribution in [0, 0.1) is 17.1 Å². The monoisotopic (exact) mass is 237 g/mol. The number of carbonyl (C=O) groups excluding carboxylic acids is 1. The van der Waals surface area contributed by atoms with Crippen molar-refractivity contribution in [2.24, 2.45) is 0 Å². The molecule has 0 radical (unpaired) electrons. The van der Waals surface area contributed by atoms with Crippen molar-refractivity contribution in [3.8, 4) is 6.07 Å². The van der Waals surface area contributed by atoms with Crippen LogP contribution < -0.4 is 0 Å². The average Bonchev–Trinajstić information content (AvgIpc) is 2.28. The summed E-state index contributed by atoms with van der Waals surface area (Å²) in [7, 11) is 0. The summed E-state index contributed by atoms with van der Waals surface area (Å²) in [6.07, 6.45) is -0.0921. The average molecular weight is 237 g/mol. The van der Waals surface area contributed by atoms with Crippen LogP contribution in [0.2, 0.25) is 0 Å². The van der Waals surface area contributed by atoms with E-state index in [1.165, 1.54) is 6.07 Å². The SMILES string of the molecule is CCOC(=O)Cc1cc(F)c(CO)c(C#N)c1. The fraction of sp³-hybridized carbons (Fsp3) is 0.333. The van der Waals surface area contributed by atoms with Gasteiger partial charge in [0.05, 0.1) is 31.3 Å². The van der Waals surface area contributed by atoms with Gasteiger partial charge in [0, 0.05) is 5.56 Å². The molecule has 1 N–H and O–H groups in total. The number of nitriles is 1. The molecule has 1 aromatic rings. The number of hydrogen-bond donors (Lipinski definition) is 1. The van der Waals surface area contributed by atoms with Gasteiger partial charge in [0.1, 0.15) is 5.82 Å². The lowest BCUT2D eigenvalue weighted by Gasteiger charge is -2.06. The van der Waals surface area contributed by atoms with Gasteiger partial charge < -0.3 is 9.84 Å². The molecule has 17 heavy (non-hydrogen) atoms. The van der Waals surface area contributed by atoms with E-state index in [9.17, 15) is 9.18 Å². The van der Waals surface area contributed by atoms with E-state index in [1.807, 2.05) is 0 Å². The first-order valence-electron chi connectivity index (χ1n) is 5.10. The fourth-order valence-corrected chi connectivity index (χ4v) is 1.43. The van der Waals surface area contributed by atoms with E-state index < -0.39 is 18.4 Å². The highest BCUT2D eigenvalue weighted by Crippen LogP contribution is 2.17. The van der Waals surface area contributed by atoms with Crippen molar-refractivity contribution < 1.29 is 19.0 Å². The van der Waals surface area contributed by atoms with E-state index in [1.54, 1.807) is 13.0 Å². The number of esters is 1. The summed E-state index contributed by atoms with van der Waals surface area (Å²) in [5.41, 5.74) is 0.335. The molecule has 0 saturated carbocycles. The minimum absolute atomic E-state index is 0.0341. The van der Waals surface area contributed by atoms with Crippen LogP contribution in [0.1, 0.15) is 23.6 Å². The van der Waals surface area contributed by atoms with E-state index in [2.05, 4.69) is 0 Å². The number of halogens is 1. The third-order valence-electron chi connectivity index (χ3n) is 2.19. The lowest BCUT2D eigenvalue weighted by molar-refractivity contribution is -0.142. The summed E-state index contributed by atoms with van der Waals surface area (Å²) in [6.45, 7) is 1.38. The lowest BCUT2D eigenvalue weighted by Crippen LogP contribution is -2.08. The molecule has 0 fully saturated rings. The first-order chi connectivity index (χ1) is 8.12. The Morgan fingerprint density at radius 2 is 2.29 bits per heavy atom. The van der Waals surface area contributed by atoms with Gasteiger partial charge in [-0.05, 0) is 24.6 Å². The quantitative estimate of drug-likeness (QED) is 0.801. The van der Waals surface area contributed by atoms with Crippen LogP contribution in [0.4, 0.5) is 4.39 Å². The Morgan fingerprint density at radius 1 is 1.59 bits per heavy atom. The molecule has 1 aromatic carbocycles. The van der Waals surface area contributed by atoms with E-state index in [0.717, 1.165) is 6.07 Å². The first-order valence-corrected chi connectivity index (χ1v) is 5.10. The highest BCUT2D eigenvalue weighted by molar-refractivity contribution is 5.72. The molecule has 0 atom stereocenters. The summed E-state index contributed by atoms with van der Waals surface area (Å²) in [6, 6.07) is 4.29. The van der Waals surface area contributed by atoms with Gasteiger partial charge in [0.25, 0.3) is 0 Å². The third kappa shape index (κ3) is 3.26. The van der Waals surface area contributed by atoms with Crippen molar-refractivity contribution >= 4 is 5.97 Å². The van der Waals surface area contributed by atoms with Crippen LogP contribution in [-0.4, -0.2) is 17.7 Å². The first kappa shape index (κ1) is 13.1. The van der Waals surface area contributed by atoms with Gasteiger partial charge in [-0.2, -0.15) is 5.26 Å². The number of hydrogen-bond acceptors (Lipinski definition) is 4. The van der Waals surface area contributed by atoms with E-state index in [0.29, 0.717) is 5.56 Å². The smallest absolute Gasteiger partial charge is 0.310 e. The van der Waals surface area contributed by atoms with Crippen molar-refractivity contribution in [3.05, 3.63) is 34.6 Å². The molecule has 0 aliphatic carbocycles. The number of benzene rings is 1. The normalized spacial score (nSPS) is 9.76. The maximum atomic E-state index is 13.5. The Hall–Kier alpha value is -1.93. The van der Waals surface area contributed by atoms with Crippen LogP contribution in [0.5, 0.6) is 0 Å². The van der Waals surface area contributed by atoms with E-state index in [-0.39, 0.29) is 24.2 Å². The third-order valence-corrected chi connectivity index (χ3v) is 2.19. The van der Waals surface area contributed by atoms with Gasteiger partial charge in [-0.15, -0.1) is 0 Å². The van der Waals surface area contributed by atoms with Gasteiger partial charge in [-0.25, -0.2) is 4.39 Å². The van der Waals surface area contributed by atoms with Crippen molar-refractivity contribution in [2.45, 2.75) is 20.0 Å². The maximum absolute atomic E-state index is 13.5. The molecule has 0 aliphatic heterocycles. The van der Waals surface area contributed by atoms with Crippen molar-refractivity contribution in [1.29, 1.82) is 5.26 Å². The predicted octanol–water partition coefficient (Wildman–Crippen LogP) is 1.30. The Kier molecular flexibility index (Phi) is 4.61. The van der Waals surface area contributed by atoms with E-state index >= 15 is 0 Å². The summed E-state index contributed by atoms with van der Waals surface area (Å²) < 4.78 is 18.2. The lowest BCUT2D eigenvalue weighted by atomic mass is 10.0. The number of aliphatic hydroxyl groups excluding tert-OH is 1. The Labute approximate surface area is 98.2 Å². The van der Waals surface area contributed by atoms with Crippen molar-refractivity contribution in [1.82, 2.24) is 0 Å². The number of carbonyl (C=O) groups is 1. The van der Waals surface area contributed by atoms with Gasteiger partial charge in [0.2, 0.25) is 0 Å².